The van der Waals surface area contributed by atoms with Gasteiger partial charge in [-0.2, -0.15) is 0 Å². The first-order valence-corrected chi connectivity index (χ1v) is 8.52. The van der Waals surface area contributed by atoms with Crippen LogP contribution in [-0.4, -0.2) is 18.4 Å². The molecule has 21 heavy (non-hydrogen) atoms. The van der Waals surface area contributed by atoms with Gasteiger partial charge in [0.25, 0.3) is 0 Å². The van der Waals surface area contributed by atoms with E-state index in [1.165, 1.54) is 25.7 Å². The van der Waals surface area contributed by atoms with E-state index in [2.05, 4.69) is 19.2 Å². The Kier molecular flexibility index (Phi) is 7.76. The van der Waals surface area contributed by atoms with Crippen LogP contribution in [0.2, 0.25) is 0 Å². The standard InChI is InChI=1S/C17H32N2O2/c1-4-19-17(21)15(11-12(2)3)14(16(18)20)10-9-13-7-5-6-8-13/h12-15H,4-11H2,1-3H3,(H2,18,20)(H,19,21)/t14-,15?/m0/s1. The zero-order valence-corrected chi connectivity index (χ0v) is 13.9. The molecule has 122 valence electrons. The third kappa shape index (κ3) is 6.06. The maximum absolute atomic E-state index is 12.3. The van der Waals surface area contributed by atoms with Crippen LogP contribution in [0.1, 0.15) is 65.7 Å². The van der Waals surface area contributed by atoms with E-state index in [-0.39, 0.29) is 23.7 Å². The fraction of sp³-hybridized carbons (Fsp3) is 0.882. The number of hydrogen-bond donors (Lipinski definition) is 2. The maximum Gasteiger partial charge on any atom is 0.223 e. The van der Waals surface area contributed by atoms with Crippen LogP contribution < -0.4 is 11.1 Å². The Morgan fingerprint density at radius 3 is 2.29 bits per heavy atom. The molecule has 3 N–H and O–H groups in total. The SMILES string of the molecule is CCNC(=O)C(CC(C)C)[C@H](CCC1CCCC1)C(N)=O. The number of carbonyl (C=O) groups excluding carboxylic acids is 2. The Hall–Kier alpha value is -1.06. The Labute approximate surface area is 129 Å². The summed E-state index contributed by atoms with van der Waals surface area (Å²) in [6.45, 7) is 6.67. The quantitative estimate of drug-likeness (QED) is 0.686. The van der Waals surface area contributed by atoms with Crippen molar-refractivity contribution in [1.82, 2.24) is 5.32 Å². The topological polar surface area (TPSA) is 72.2 Å². The van der Waals surface area contributed by atoms with Crippen LogP contribution in [0.15, 0.2) is 0 Å². The van der Waals surface area contributed by atoms with Gasteiger partial charge in [0.2, 0.25) is 11.8 Å². The van der Waals surface area contributed by atoms with E-state index in [0.717, 1.165) is 25.2 Å². The number of rotatable bonds is 9. The maximum atomic E-state index is 12.3. The van der Waals surface area contributed by atoms with Crippen molar-refractivity contribution < 1.29 is 9.59 Å². The van der Waals surface area contributed by atoms with Crippen molar-refractivity contribution in [2.75, 3.05) is 6.54 Å². The van der Waals surface area contributed by atoms with Gasteiger partial charge in [0.1, 0.15) is 0 Å². The molecule has 1 saturated carbocycles. The molecule has 0 bridgehead atoms. The van der Waals surface area contributed by atoms with E-state index in [1.807, 2.05) is 6.92 Å². The van der Waals surface area contributed by atoms with Gasteiger partial charge < -0.3 is 11.1 Å². The predicted molar refractivity (Wildman–Crippen MR) is 85.5 cm³/mol. The van der Waals surface area contributed by atoms with Crippen molar-refractivity contribution in [1.29, 1.82) is 0 Å². The average molecular weight is 296 g/mol. The van der Waals surface area contributed by atoms with E-state index in [9.17, 15) is 9.59 Å². The van der Waals surface area contributed by atoms with E-state index in [1.54, 1.807) is 0 Å². The second-order valence-electron chi connectivity index (χ2n) is 6.87. The summed E-state index contributed by atoms with van der Waals surface area (Å²) in [7, 11) is 0. The van der Waals surface area contributed by atoms with E-state index < -0.39 is 0 Å². The first kappa shape index (κ1) is 18.0. The first-order chi connectivity index (χ1) is 9.95. The minimum Gasteiger partial charge on any atom is -0.369 e. The van der Waals surface area contributed by atoms with Gasteiger partial charge in [-0.3, -0.25) is 9.59 Å². The summed E-state index contributed by atoms with van der Waals surface area (Å²) in [5, 5.41) is 2.87. The van der Waals surface area contributed by atoms with Crippen molar-refractivity contribution in [2.45, 2.75) is 65.7 Å². The van der Waals surface area contributed by atoms with Gasteiger partial charge in [-0.15, -0.1) is 0 Å². The van der Waals surface area contributed by atoms with Crippen LogP contribution in [0.4, 0.5) is 0 Å². The highest BCUT2D eigenvalue weighted by molar-refractivity contribution is 5.86. The molecule has 0 aliphatic heterocycles. The summed E-state index contributed by atoms with van der Waals surface area (Å²) in [5.74, 6) is 0.182. The summed E-state index contributed by atoms with van der Waals surface area (Å²) in [4.78, 5) is 24.2. The molecule has 1 aliphatic carbocycles. The third-order valence-corrected chi connectivity index (χ3v) is 4.62. The number of primary amides is 1. The van der Waals surface area contributed by atoms with Crippen LogP contribution in [0.3, 0.4) is 0 Å². The molecule has 0 spiro atoms. The molecule has 1 aliphatic rings. The Balaban J connectivity index is 2.69. The molecule has 0 aromatic carbocycles. The second-order valence-corrected chi connectivity index (χ2v) is 6.87. The smallest absolute Gasteiger partial charge is 0.223 e. The van der Waals surface area contributed by atoms with Gasteiger partial charge in [-0.1, -0.05) is 39.5 Å². The fourth-order valence-corrected chi connectivity index (χ4v) is 3.52. The lowest BCUT2D eigenvalue weighted by Gasteiger charge is -2.26. The fourth-order valence-electron chi connectivity index (χ4n) is 3.52. The van der Waals surface area contributed by atoms with Gasteiger partial charge in [0.05, 0.1) is 0 Å². The number of hydrogen-bond acceptors (Lipinski definition) is 2. The number of nitrogens with one attached hydrogen (secondary N) is 1. The van der Waals surface area contributed by atoms with Crippen LogP contribution >= 0.6 is 0 Å². The van der Waals surface area contributed by atoms with E-state index >= 15 is 0 Å². The van der Waals surface area contributed by atoms with Gasteiger partial charge >= 0.3 is 0 Å². The molecule has 2 atom stereocenters. The molecule has 1 rings (SSSR count). The van der Waals surface area contributed by atoms with Crippen LogP contribution in [-0.2, 0) is 9.59 Å². The van der Waals surface area contributed by atoms with Gasteiger partial charge in [-0.25, -0.2) is 0 Å². The van der Waals surface area contributed by atoms with Crippen molar-refractivity contribution in [3.8, 4) is 0 Å². The van der Waals surface area contributed by atoms with E-state index in [0.29, 0.717) is 12.5 Å². The molecule has 0 heterocycles. The minimum atomic E-state index is -0.320. The average Bonchev–Trinajstić information content (AvgIpc) is 2.90. The zero-order chi connectivity index (χ0) is 15.8. The van der Waals surface area contributed by atoms with Crippen LogP contribution in [0, 0.1) is 23.7 Å². The lowest BCUT2D eigenvalue weighted by atomic mass is 9.80. The minimum absolute atomic E-state index is 0.0126. The van der Waals surface area contributed by atoms with Crippen molar-refractivity contribution in [3.63, 3.8) is 0 Å². The summed E-state index contributed by atoms with van der Waals surface area (Å²) < 4.78 is 0. The molecule has 0 aromatic heterocycles. The summed E-state index contributed by atoms with van der Waals surface area (Å²) in [6, 6.07) is 0. The molecule has 2 amide bonds. The Morgan fingerprint density at radius 1 is 1.19 bits per heavy atom. The lowest BCUT2D eigenvalue weighted by Crippen LogP contribution is -2.41. The monoisotopic (exact) mass is 296 g/mol. The van der Waals surface area contributed by atoms with Gasteiger partial charge in [0, 0.05) is 18.4 Å². The summed E-state index contributed by atoms with van der Waals surface area (Å²) in [6.07, 6.45) is 7.65. The highest BCUT2D eigenvalue weighted by Crippen LogP contribution is 2.32. The largest absolute Gasteiger partial charge is 0.369 e. The zero-order valence-electron chi connectivity index (χ0n) is 13.9. The summed E-state index contributed by atoms with van der Waals surface area (Å²) in [5.41, 5.74) is 5.61. The van der Waals surface area contributed by atoms with Crippen LogP contribution in [0.25, 0.3) is 0 Å². The predicted octanol–water partition coefficient (Wildman–Crippen LogP) is 2.86. The molecule has 4 heteroatoms. The second kappa shape index (κ2) is 9.06. The first-order valence-electron chi connectivity index (χ1n) is 8.52. The Bertz CT molecular complexity index is 336. The number of nitrogens with two attached hydrogens (primary N) is 1. The van der Waals surface area contributed by atoms with E-state index in [4.69, 9.17) is 5.73 Å². The Morgan fingerprint density at radius 2 is 1.81 bits per heavy atom. The molecule has 0 saturated heterocycles. The third-order valence-electron chi connectivity index (χ3n) is 4.62. The lowest BCUT2D eigenvalue weighted by molar-refractivity contribution is -0.134. The molecule has 4 nitrogen and oxygen atoms in total. The number of amides is 2. The van der Waals surface area contributed by atoms with Crippen molar-refractivity contribution >= 4 is 11.8 Å². The van der Waals surface area contributed by atoms with Gasteiger partial charge in [0.15, 0.2) is 0 Å². The molecule has 1 unspecified atom stereocenters. The van der Waals surface area contributed by atoms with Crippen molar-refractivity contribution in [3.05, 3.63) is 0 Å². The molecule has 0 radical (unpaired) electrons. The summed E-state index contributed by atoms with van der Waals surface area (Å²) >= 11 is 0. The van der Waals surface area contributed by atoms with Gasteiger partial charge in [-0.05, 0) is 38.0 Å². The van der Waals surface area contributed by atoms with Crippen LogP contribution in [0.5, 0.6) is 0 Å². The molecular formula is C17H32N2O2. The highest BCUT2D eigenvalue weighted by atomic mass is 16.2. The molecule has 0 aromatic rings. The molecule has 1 fully saturated rings. The highest BCUT2D eigenvalue weighted by Gasteiger charge is 2.33. The molecular weight excluding hydrogens is 264 g/mol. The number of carbonyl (C=O) groups is 2. The normalized spacial score (nSPS) is 18.7. The van der Waals surface area contributed by atoms with Crippen molar-refractivity contribution in [2.24, 2.45) is 29.4 Å².